The summed E-state index contributed by atoms with van der Waals surface area (Å²) in [5, 5.41) is 2.59. The molecule has 3 aromatic heterocycles. The van der Waals surface area contributed by atoms with Crippen molar-refractivity contribution in [3.63, 3.8) is 0 Å². The summed E-state index contributed by atoms with van der Waals surface area (Å²) >= 11 is 0.0315. The molecule has 0 fully saturated rings. The van der Waals surface area contributed by atoms with E-state index in [1.807, 2.05) is 41.9 Å². The van der Waals surface area contributed by atoms with Crippen molar-refractivity contribution in [2.45, 2.75) is 24.2 Å². The number of aromatic nitrogens is 2. The molecular weight excluding hydrogens is 800 g/mol. The Hall–Kier alpha value is -3.48. The molecule has 0 amide bonds. The van der Waals surface area contributed by atoms with Crippen LogP contribution in [0.15, 0.2) is 116 Å². The number of halogens is 1. The van der Waals surface area contributed by atoms with Gasteiger partial charge in [-0.15, -0.1) is 23.8 Å². The van der Waals surface area contributed by atoms with Gasteiger partial charge < -0.3 is 4.98 Å². The summed E-state index contributed by atoms with van der Waals surface area (Å²) in [7, 11) is 0. The van der Waals surface area contributed by atoms with E-state index >= 15 is 0 Å². The number of hydrogen-bond acceptors (Lipinski definition) is 3. The monoisotopic (exact) mass is 833 g/mol. The van der Waals surface area contributed by atoms with Crippen molar-refractivity contribution in [1.29, 1.82) is 0 Å². The molecule has 44 heavy (non-hydrogen) atoms. The minimum absolute atomic E-state index is 0. The second-order valence-corrected chi connectivity index (χ2v) is 23.3. The van der Waals surface area contributed by atoms with Crippen LogP contribution in [0.2, 0.25) is 17.3 Å². The molecule has 4 aromatic carbocycles. The SMILES string of the molecule is Cc1cc(-c2[c-]ccc3c2sc2ccccc23)ncc1-c1ccccc1.[CH3][Ge]([CH3])([CH3])[c]1ccc(-c2[c-]cc(F)cc2)nc1.[Ir]. The van der Waals surface area contributed by atoms with Gasteiger partial charge in [0.25, 0.3) is 0 Å². The van der Waals surface area contributed by atoms with Crippen LogP contribution >= 0.6 is 11.3 Å². The van der Waals surface area contributed by atoms with Gasteiger partial charge in [-0.1, -0.05) is 60.0 Å². The molecule has 0 N–H and O–H groups in total. The summed E-state index contributed by atoms with van der Waals surface area (Å²) in [4.78, 5) is 9.22. The molecule has 1 radical (unpaired) electrons. The van der Waals surface area contributed by atoms with Crippen LogP contribution in [0, 0.1) is 24.9 Å². The number of benzene rings is 4. The zero-order valence-electron chi connectivity index (χ0n) is 25.0. The van der Waals surface area contributed by atoms with Crippen LogP contribution in [0.25, 0.3) is 53.8 Å². The van der Waals surface area contributed by atoms with E-state index in [4.69, 9.17) is 4.98 Å². The zero-order valence-corrected chi connectivity index (χ0v) is 30.3. The van der Waals surface area contributed by atoms with Crippen LogP contribution in [0.5, 0.6) is 0 Å². The third kappa shape index (κ3) is 6.92. The van der Waals surface area contributed by atoms with Gasteiger partial charge in [0.05, 0.1) is 0 Å². The van der Waals surface area contributed by atoms with Crippen LogP contribution in [-0.4, -0.2) is 23.2 Å². The fourth-order valence-electron chi connectivity index (χ4n) is 5.06. The second-order valence-electron chi connectivity index (χ2n) is 11.5. The van der Waals surface area contributed by atoms with Gasteiger partial charge in [-0.3, -0.25) is 0 Å². The van der Waals surface area contributed by atoms with Crippen LogP contribution < -0.4 is 4.40 Å². The predicted octanol–water partition coefficient (Wildman–Crippen LogP) is 10.1. The average Bonchev–Trinajstić information content (AvgIpc) is 3.41. The van der Waals surface area contributed by atoms with Gasteiger partial charge in [-0.05, 0) is 39.9 Å². The first-order valence-corrected chi connectivity index (χ1v) is 22.4. The van der Waals surface area contributed by atoms with E-state index < -0.39 is 13.3 Å². The summed E-state index contributed by atoms with van der Waals surface area (Å²) in [6.07, 6.45) is 3.94. The van der Waals surface area contributed by atoms with Gasteiger partial charge in [0.15, 0.2) is 0 Å². The summed E-state index contributed by atoms with van der Waals surface area (Å²) in [5.41, 5.74) is 7.36. The molecule has 0 atom stereocenters. The Bertz CT molecular complexity index is 2020. The number of hydrogen-bond donors (Lipinski definition) is 0. The Morgan fingerprint density at radius 2 is 1.50 bits per heavy atom. The fraction of sp³-hybridized carbons (Fsp3) is 0.105. The molecule has 0 aliphatic carbocycles. The molecule has 0 bridgehead atoms. The number of fused-ring (bicyclic) bond motifs is 3. The van der Waals surface area contributed by atoms with E-state index in [1.54, 1.807) is 6.07 Å². The largest absolute Gasteiger partial charge is 0 e. The second kappa shape index (κ2) is 13.7. The van der Waals surface area contributed by atoms with E-state index in [0.717, 1.165) is 22.5 Å². The molecule has 0 aliphatic heterocycles. The van der Waals surface area contributed by atoms with Gasteiger partial charge in [0, 0.05) is 36.6 Å². The van der Waals surface area contributed by atoms with Crippen molar-refractivity contribution in [2.75, 3.05) is 0 Å². The standard InChI is InChI=1S/C24H16NS.C14H15FGeN.Ir/c1-16-14-22(25-15-21(16)17-8-3-2-4-9-17)20-12-7-11-19-18-10-5-6-13-23(18)26-24(19)20;1-16(2,3)13-8-9-14(17-10-13)11-4-6-12(15)7-5-11;/h2-11,13-15H,1H3;4,6-10H,1-3H3;/q2*-1;. The van der Waals surface area contributed by atoms with Crippen molar-refractivity contribution in [1.82, 2.24) is 9.97 Å². The number of nitrogens with zero attached hydrogens (tertiary/aromatic N) is 2. The third-order valence-corrected chi connectivity index (χ3v) is 12.9. The molecular formula is C38H31FGeIrN2S-2. The zero-order chi connectivity index (χ0) is 30.0. The number of pyridine rings is 2. The molecule has 0 unspecified atom stereocenters. The molecule has 221 valence electrons. The molecule has 7 aromatic rings. The maximum Gasteiger partial charge on any atom is 0 e. The van der Waals surface area contributed by atoms with Crippen molar-refractivity contribution in [2.24, 2.45) is 0 Å². The fourth-order valence-corrected chi connectivity index (χ4v) is 8.44. The number of aryl methyl sites for hydroxylation is 1. The average molecular weight is 832 g/mol. The maximum absolute atomic E-state index is 12.8. The Balaban J connectivity index is 0.000000187. The van der Waals surface area contributed by atoms with Crippen LogP contribution in [0.3, 0.4) is 0 Å². The summed E-state index contributed by atoms with van der Waals surface area (Å²) in [6.45, 7) is 2.15. The van der Waals surface area contributed by atoms with Crippen molar-refractivity contribution in [3.8, 4) is 33.6 Å². The van der Waals surface area contributed by atoms with Crippen LogP contribution in [0.4, 0.5) is 4.39 Å². The van der Waals surface area contributed by atoms with E-state index in [-0.39, 0.29) is 25.9 Å². The molecule has 0 saturated carbocycles. The predicted molar refractivity (Wildman–Crippen MR) is 183 cm³/mol. The third-order valence-electron chi connectivity index (χ3n) is 7.47. The molecule has 6 heteroatoms. The molecule has 3 heterocycles. The van der Waals surface area contributed by atoms with Gasteiger partial charge in [0.1, 0.15) is 0 Å². The maximum atomic E-state index is 12.8. The van der Waals surface area contributed by atoms with Gasteiger partial charge in [0.2, 0.25) is 0 Å². The van der Waals surface area contributed by atoms with Crippen LogP contribution in [0.1, 0.15) is 5.56 Å². The van der Waals surface area contributed by atoms with E-state index in [9.17, 15) is 4.39 Å². The van der Waals surface area contributed by atoms with Crippen molar-refractivity contribution in [3.05, 3.63) is 139 Å². The molecule has 0 spiro atoms. The Morgan fingerprint density at radius 1 is 0.750 bits per heavy atom. The number of thiophene rings is 1. The molecule has 7 rings (SSSR count). The normalized spacial score (nSPS) is 11.1. The van der Waals surface area contributed by atoms with E-state index in [1.165, 1.54) is 53.4 Å². The van der Waals surface area contributed by atoms with Crippen molar-refractivity contribution < 1.29 is 24.5 Å². The molecule has 0 saturated heterocycles. The molecule has 0 aliphatic rings. The van der Waals surface area contributed by atoms with Crippen LogP contribution in [-0.2, 0) is 20.1 Å². The van der Waals surface area contributed by atoms with Gasteiger partial charge >= 0.3 is 104 Å². The first-order valence-electron chi connectivity index (χ1n) is 14.3. The number of rotatable bonds is 4. The van der Waals surface area contributed by atoms with Gasteiger partial charge in [-0.25, -0.2) is 0 Å². The van der Waals surface area contributed by atoms with Gasteiger partial charge in [-0.2, -0.15) is 11.3 Å². The quantitative estimate of drug-likeness (QED) is 0.130. The topological polar surface area (TPSA) is 25.8 Å². The Kier molecular flexibility index (Phi) is 9.91. The van der Waals surface area contributed by atoms with E-state index in [0.29, 0.717) is 0 Å². The molecule has 2 nitrogen and oxygen atoms in total. The Labute approximate surface area is 278 Å². The smallest absolute Gasteiger partial charge is 0 e. The minimum atomic E-state index is -1.79. The van der Waals surface area contributed by atoms with Crippen molar-refractivity contribution >= 4 is 49.2 Å². The van der Waals surface area contributed by atoms with E-state index in [2.05, 4.69) is 108 Å². The summed E-state index contributed by atoms with van der Waals surface area (Å²) in [6, 6.07) is 40.3. The summed E-state index contributed by atoms with van der Waals surface area (Å²) in [5.74, 6) is 6.73. The first-order chi connectivity index (χ1) is 20.8. The first kappa shape index (κ1) is 31.9. The summed E-state index contributed by atoms with van der Waals surface area (Å²) < 4.78 is 16.7. The minimum Gasteiger partial charge on any atom is 0 e. The Morgan fingerprint density at radius 3 is 2.18 bits per heavy atom.